The van der Waals surface area contributed by atoms with E-state index in [4.69, 9.17) is 0 Å². The van der Waals surface area contributed by atoms with Crippen molar-refractivity contribution in [1.82, 2.24) is 10.9 Å². The zero-order chi connectivity index (χ0) is 14.5. The van der Waals surface area contributed by atoms with Gasteiger partial charge in [-0.3, -0.25) is 20.4 Å². The zero-order valence-electron chi connectivity index (χ0n) is 10.5. The van der Waals surface area contributed by atoms with E-state index in [1.54, 1.807) is 0 Å². The quantitative estimate of drug-likeness (QED) is 0.556. The van der Waals surface area contributed by atoms with Crippen LogP contribution in [0.4, 0.5) is 0 Å². The molecule has 2 amide bonds. The van der Waals surface area contributed by atoms with Crippen LogP contribution in [-0.2, 0) is 14.4 Å². The highest BCUT2D eigenvalue weighted by Crippen LogP contribution is 2.47. The first-order valence-corrected chi connectivity index (χ1v) is 6.12. The summed E-state index contributed by atoms with van der Waals surface area (Å²) in [7, 11) is 0. The fourth-order valence-corrected chi connectivity index (χ4v) is 1.95. The summed E-state index contributed by atoms with van der Waals surface area (Å²) in [6, 6.07) is 9.65. The molecule has 0 aliphatic heterocycles. The molecule has 2 atom stereocenters. The topological polar surface area (TPSA) is 98.3 Å². The fraction of sp³-hybridized carbons (Fsp3) is 0.214. The number of carbonyl (C=O) groups excluding carboxylic acids is 3. The molecule has 1 aromatic carbocycles. The van der Waals surface area contributed by atoms with Gasteiger partial charge in [0.2, 0.25) is 5.91 Å². The Hall–Kier alpha value is -2.63. The van der Waals surface area contributed by atoms with Gasteiger partial charge in [-0.25, -0.2) is 0 Å². The number of hydrogen-bond acceptors (Lipinski definition) is 4. The molecule has 0 radical (unpaired) electrons. The molecule has 6 nitrogen and oxygen atoms in total. The summed E-state index contributed by atoms with van der Waals surface area (Å²) in [6.07, 6.45) is 2.10. The van der Waals surface area contributed by atoms with Crippen molar-refractivity contribution in [3.8, 4) is 0 Å². The molecule has 2 N–H and O–H groups in total. The van der Waals surface area contributed by atoms with Gasteiger partial charge in [-0.15, -0.1) is 0 Å². The van der Waals surface area contributed by atoms with Crippen molar-refractivity contribution < 1.29 is 19.5 Å². The Morgan fingerprint density at radius 2 is 1.80 bits per heavy atom. The second kappa shape index (κ2) is 6.01. The lowest BCUT2D eigenvalue weighted by Crippen LogP contribution is -2.42. The number of carbonyl (C=O) groups is 3. The Balaban J connectivity index is 1.77. The van der Waals surface area contributed by atoms with E-state index in [-0.39, 0.29) is 17.7 Å². The third kappa shape index (κ3) is 3.68. The first-order valence-electron chi connectivity index (χ1n) is 6.12. The second-order valence-corrected chi connectivity index (χ2v) is 4.49. The molecular weight excluding hydrogens is 260 g/mol. The van der Waals surface area contributed by atoms with Crippen LogP contribution in [0.15, 0.2) is 42.5 Å². The summed E-state index contributed by atoms with van der Waals surface area (Å²) >= 11 is 0. The Morgan fingerprint density at radius 3 is 2.45 bits per heavy atom. The number of amides is 2. The van der Waals surface area contributed by atoms with E-state index in [1.807, 2.05) is 30.3 Å². The van der Waals surface area contributed by atoms with Gasteiger partial charge in [0.25, 0.3) is 5.91 Å². The smallest absolute Gasteiger partial charge is 0.262 e. The number of hydrazine groups is 1. The Morgan fingerprint density at radius 1 is 1.10 bits per heavy atom. The van der Waals surface area contributed by atoms with Crippen molar-refractivity contribution >= 4 is 17.8 Å². The van der Waals surface area contributed by atoms with Gasteiger partial charge in [0.1, 0.15) is 0 Å². The van der Waals surface area contributed by atoms with Gasteiger partial charge < -0.3 is 9.90 Å². The highest BCUT2D eigenvalue weighted by molar-refractivity contribution is 5.94. The van der Waals surface area contributed by atoms with Gasteiger partial charge in [0.05, 0.1) is 5.97 Å². The molecule has 104 valence electrons. The third-order valence-electron chi connectivity index (χ3n) is 3.03. The molecule has 0 spiro atoms. The molecule has 2 rings (SSSR count). The van der Waals surface area contributed by atoms with Crippen molar-refractivity contribution in [2.45, 2.75) is 12.3 Å². The molecular formula is C14H13N2O4-. The fourth-order valence-electron chi connectivity index (χ4n) is 1.95. The van der Waals surface area contributed by atoms with Crippen molar-refractivity contribution in [2.24, 2.45) is 5.92 Å². The van der Waals surface area contributed by atoms with Crippen LogP contribution in [-0.4, -0.2) is 17.8 Å². The van der Waals surface area contributed by atoms with E-state index in [9.17, 15) is 19.5 Å². The van der Waals surface area contributed by atoms with E-state index in [1.165, 1.54) is 0 Å². The van der Waals surface area contributed by atoms with E-state index in [2.05, 4.69) is 10.9 Å². The van der Waals surface area contributed by atoms with Crippen LogP contribution in [0.3, 0.4) is 0 Å². The van der Waals surface area contributed by atoms with Gasteiger partial charge in [0, 0.05) is 12.0 Å². The molecule has 1 aliphatic carbocycles. The third-order valence-corrected chi connectivity index (χ3v) is 3.03. The van der Waals surface area contributed by atoms with Crippen molar-refractivity contribution in [3.63, 3.8) is 0 Å². The summed E-state index contributed by atoms with van der Waals surface area (Å²) in [5.41, 5.74) is 5.47. The highest BCUT2D eigenvalue weighted by atomic mass is 16.4. The van der Waals surface area contributed by atoms with Crippen LogP contribution < -0.4 is 16.0 Å². The van der Waals surface area contributed by atoms with Crippen LogP contribution in [0.1, 0.15) is 17.9 Å². The number of benzene rings is 1. The minimum atomic E-state index is -1.47. The standard InChI is InChI=1S/C14H14N2O4/c17-12(6-7-13(18)19)15-16-14(20)11-8-10(11)9-4-2-1-3-5-9/h1-7,10-11H,8H2,(H,15,17)(H,16,20)(H,18,19)/p-1/t10-,11+/m0/s1. The molecule has 1 fully saturated rings. The lowest BCUT2D eigenvalue weighted by Gasteiger charge is -2.05. The van der Waals surface area contributed by atoms with E-state index < -0.39 is 11.9 Å². The minimum absolute atomic E-state index is 0.164. The number of rotatable bonds is 4. The van der Waals surface area contributed by atoms with Crippen LogP contribution in [0, 0.1) is 5.92 Å². The van der Waals surface area contributed by atoms with Crippen LogP contribution >= 0.6 is 0 Å². The summed E-state index contributed by atoms with van der Waals surface area (Å²) in [4.78, 5) is 33.0. The molecule has 6 heteroatoms. The van der Waals surface area contributed by atoms with Gasteiger partial charge >= 0.3 is 0 Å². The lowest BCUT2D eigenvalue weighted by atomic mass is 10.1. The van der Waals surface area contributed by atoms with Crippen LogP contribution in [0.2, 0.25) is 0 Å². The summed E-state index contributed by atoms with van der Waals surface area (Å²) in [6.45, 7) is 0. The van der Waals surface area contributed by atoms with Gasteiger partial charge in [-0.1, -0.05) is 30.3 Å². The molecule has 0 aromatic heterocycles. The maximum Gasteiger partial charge on any atom is 0.262 e. The summed E-state index contributed by atoms with van der Waals surface area (Å²) < 4.78 is 0. The number of aliphatic carboxylic acids is 1. The predicted molar refractivity (Wildman–Crippen MR) is 67.7 cm³/mol. The Kier molecular flexibility index (Phi) is 4.14. The van der Waals surface area contributed by atoms with Crippen LogP contribution in [0.25, 0.3) is 0 Å². The van der Waals surface area contributed by atoms with Gasteiger partial charge in [-0.05, 0) is 24.0 Å². The van der Waals surface area contributed by atoms with Gasteiger partial charge in [-0.2, -0.15) is 0 Å². The normalized spacial score (nSPS) is 20.4. The first kappa shape index (κ1) is 13.8. The average Bonchev–Trinajstić information content (AvgIpc) is 3.24. The van der Waals surface area contributed by atoms with Gasteiger partial charge in [0.15, 0.2) is 0 Å². The molecule has 0 unspecified atom stereocenters. The second-order valence-electron chi connectivity index (χ2n) is 4.49. The van der Waals surface area contributed by atoms with Crippen LogP contribution in [0.5, 0.6) is 0 Å². The van der Waals surface area contributed by atoms with Crippen molar-refractivity contribution in [2.75, 3.05) is 0 Å². The minimum Gasteiger partial charge on any atom is -0.545 e. The molecule has 1 aromatic rings. The maximum atomic E-state index is 11.8. The zero-order valence-corrected chi connectivity index (χ0v) is 10.5. The Labute approximate surface area is 115 Å². The molecule has 0 bridgehead atoms. The van der Waals surface area contributed by atoms with Crippen molar-refractivity contribution in [3.05, 3.63) is 48.0 Å². The molecule has 20 heavy (non-hydrogen) atoms. The number of nitrogens with one attached hydrogen (secondary N) is 2. The summed E-state index contributed by atoms with van der Waals surface area (Å²) in [5.74, 6) is -2.47. The number of carboxylic acid groups (broad SMARTS) is 1. The SMILES string of the molecule is O=C([O-])C=CC(=O)NNC(=O)[C@@H]1C[C@H]1c1ccccc1. The Bertz CT molecular complexity index is 554. The average molecular weight is 273 g/mol. The van der Waals surface area contributed by atoms with E-state index >= 15 is 0 Å². The highest BCUT2D eigenvalue weighted by Gasteiger charge is 2.43. The molecule has 1 saturated carbocycles. The molecule has 0 saturated heterocycles. The number of carboxylic acids is 1. The van der Waals surface area contributed by atoms with Crippen molar-refractivity contribution in [1.29, 1.82) is 0 Å². The monoisotopic (exact) mass is 273 g/mol. The predicted octanol–water partition coefficient (Wildman–Crippen LogP) is -0.756. The van der Waals surface area contributed by atoms with E-state index in [0.29, 0.717) is 6.08 Å². The van der Waals surface area contributed by atoms with E-state index in [0.717, 1.165) is 18.1 Å². The number of hydrogen-bond donors (Lipinski definition) is 2. The molecule has 0 heterocycles. The first-order chi connectivity index (χ1) is 9.58. The largest absolute Gasteiger partial charge is 0.545 e. The lowest BCUT2D eigenvalue weighted by molar-refractivity contribution is -0.297. The maximum absolute atomic E-state index is 11.8. The molecule has 1 aliphatic rings. The summed E-state index contributed by atoms with van der Waals surface area (Å²) in [5, 5.41) is 10.1.